The average molecular weight is 253 g/mol. The predicted octanol–water partition coefficient (Wildman–Crippen LogP) is 2.99. The van der Waals surface area contributed by atoms with Crippen LogP contribution in [0, 0.1) is 0 Å². The van der Waals surface area contributed by atoms with E-state index in [0.717, 1.165) is 13.1 Å². The van der Waals surface area contributed by atoms with Crippen LogP contribution < -0.4 is 0 Å². The minimum absolute atomic E-state index is 0.0916. The van der Waals surface area contributed by atoms with Crippen molar-refractivity contribution in [2.75, 3.05) is 6.54 Å². The van der Waals surface area contributed by atoms with Crippen LogP contribution in [0.3, 0.4) is 0 Å². The molecule has 98 valence electrons. The number of likely N-dealkylation sites (tertiary alicyclic amines) is 1. The lowest BCUT2D eigenvalue weighted by Crippen LogP contribution is -2.61. The molecular weight excluding hydrogens is 234 g/mol. The molecule has 1 heterocycles. The number of hydrogen-bond acceptors (Lipinski definition) is 2. The van der Waals surface area contributed by atoms with E-state index in [-0.39, 0.29) is 6.04 Å². The molecule has 1 aliphatic rings. The second-order valence-electron chi connectivity index (χ2n) is 5.56. The first-order chi connectivity index (χ1) is 9.17. The van der Waals surface area contributed by atoms with E-state index in [9.17, 15) is 5.11 Å². The normalized spacial score (nSPS) is 26.9. The molecule has 1 aliphatic heterocycles. The van der Waals surface area contributed by atoms with Gasteiger partial charge in [0.25, 0.3) is 0 Å². The number of nitrogens with zero attached hydrogens (tertiary/aromatic N) is 1. The molecule has 1 fully saturated rings. The predicted molar refractivity (Wildman–Crippen MR) is 76.7 cm³/mol. The van der Waals surface area contributed by atoms with Crippen molar-refractivity contribution in [1.29, 1.82) is 0 Å². The van der Waals surface area contributed by atoms with Crippen LogP contribution in [0.2, 0.25) is 0 Å². The summed E-state index contributed by atoms with van der Waals surface area (Å²) in [6, 6.07) is 20.8. The zero-order valence-corrected chi connectivity index (χ0v) is 11.2. The van der Waals surface area contributed by atoms with E-state index in [4.69, 9.17) is 0 Å². The first kappa shape index (κ1) is 12.4. The van der Waals surface area contributed by atoms with Crippen LogP contribution in [0.1, 0.15) is 24.1 Å². The molecule has 2 nitrogen and oxygen atoms in total. The molecule has 0 unspecified atom stereocenters. The minimum atomic E-state index is -0.629. The van der Waals surface area contributed by atoms with Crippen LogP contribution in [0.5, 0.6) is 0 Å². The molecule has 1 N–H and O–H groups in total. The molecule has 0 aliphatic carbocycles. The largest absolute Gasteiger partial charge is 0.387 e. The monoisotopic (exact) mass is 253 g/mol. The highest BCUT2D eigenvalue weighted by Crippen LogP contribution is 2.42. The number of β-amino-alcohol motifs (C(OH)–C–C–N with tert-alkyl or cyclic N) is 1. The summed E-state index contributed by atoms with van der Waals surface area (Å²) in [6.45, 7) is 3.53. The third kappa shape index (κ3) is 2.42. The molecule has 0 spiro atoms. The van der Waals surface area contributed by atoms with Gasteiger partial charge in [0.1, 0.15) is 0 Å². The van der Waals surface area contributed by atoms with Gasteiger partial charge in [-0.25, -0.2) is 0 Å². The summed E-state index contributed by atoms with van der Waals surface area (Å²) in [4.78, 5) is 2.32. The third-order valence-electron chi connectivity index (χ3n) is 3.82. The van der Waals surface area contributed by atoms with Crippen LogP contribution in [0.4, 0.5) is 0 Å². The Bertz CT molecular complexity index is 536. The molecule has 0 aromatic heterocycles. The fraction of sp³-hybridized carbons (Fsp3) is 0.294. The highest BCUT2D eigenvalue weighted by atomic mass is 16.3. The van der Waals surface area contributed by atoms with Gasteiger partial charge in [0, 0.05) is 13.1 Å². The van der Waals surface area contributed by atoms with E-state index in [1.807, 2.05) is 31.2 Å². The second-order valence-corrected chi connectivity index (χ2v) is 5.56. The summed E-state index contributed by atoms with van der Waals surface area (Å²) in [5, 5.41) is 10.4. The molecular formula is C17H19NO. The van der Waals surface area contributed by atoms with Gasteiger partial charge in [-0.15, -0.1) is 0 Å². The second kappa shape index (κ2) is 4.80. The quantitative estimate of drug-likeness (QED) is 0.909. The van der Waals surface area contributed by atoms with Crippen LogP contribution in [0.25, 0.3) is 0 Å². The Kier molecular flexibility index (Phi) is 3.13. The van der Waals surface area contributed by atoms with Crippen molar-refractivity contribution in [3.8, 4) is 0 Å². The summed E-state index contributed by atoms with van der Waals surface area (Å²) in [5.41, 5.74) is 1.85. The topological polar surface area (TPSA) is 23.5 Å². The summed E-state index contributed by atoms with van der Waals surface area (Å²) < 4.78 is 0. The maximum atomic E-state index is 10.4. The third-order valence-corrected chi connectivity index (χ3v) is 3.82. The van der Waals surface area contributed by atoms with Gasteiger partial charge in [0.05, 0.1) is 11.6 Å². The SMILES string of the molecule is C[C@]1(O)CN(Cc2ccccc2)[C@@H]1c1ccccc1. The highest BCUT2D eigenvalue weighted by Gasteiger charge is 2.48. The Hall–Kier alpha value is -1.64. The number of aliphatic hydroxyl groups is 1. The lowest BCUT2D eigenvalue weighted by Gasteiger charge is -2.53. The van der Waals surface area contributed by atoms with Crippen molar-refractivity contribution in [1.82, 2.24) is 4.90 Å². The van der Waals surface area contributed by atoms with Crippen LogP contribution in [0.15, 0.2) is 60.7 Å². The van der Waals surface area contributed by atoms with E-state index in [1.165, 1.54) is 11.1 Å². The van der Waals surface area contributed by atoms with Gasteiger partial charge in [0.15, 0.2) is 0 Å². The lowest BCUT2D eigenvalue weighted by molar-refractivity contribution is -0.147. The van der Waals surface area contributed by atoms with Crippen molar-refractivity contribution in [3.05, 3.63) is 71.8 Å². The summed E-state index contributed by atoms with van der Waals surface area (Å²) in [6.07, 6.45) is 0. The van der Waals surface area contributed by atoms with Crippen molar-refractivity contribution < 1.29 is 5.11 Å². The molecule has 2 aromatic rings. The van der Waals surface area contributed by atoms with Gasteiger partial charge in [-0.05, 0) is 18.1 Å². The van der Waals surface area contributed by atoms with Crippen molar-refractivity contribution in [3.63, 3.8) is 0 Å². The number of hydrogen-bond donors (Lipinski definition) is 1. The van der Waals surface area contributed by atoms with Gasteiger partial charge >= 0.3 is 0 Å². The van der Waals surface area contributed by atoms with E-state index in [1.54, 1.807) is 0 Å². The average Bonchev–Trinajstić information content (AvgIpc) is 2.40. The molecule has 3 rings (SSSR count). The molecule has 0 saturated carbocycles. The summed E-state index contributed by atoms with van der Waals surface area (Å²) in [7, 11) is 0. The fourth-order valence-electron chi connectivity index (χ4n) is 3.04. The fourth-order valence-corrected chi connectivity index (χ4v) is 3.04. The van der Waals surface area contributed by atoms with Crippen LogP contribution >= 0.6 is 0 Å². The Morgan fingerprint density at radius 1 is 1.05 bits per heavy atom. The lowest BCUT2D eigenvalue weighted by atomic mass is 9.80. The van der Waals surface area contributed by atoms with Crippen molar-refractivity contribution in [2.24, 2.45) is 0 Å². The summed E-state index contributed by atoms with van der Waals surface area (Å²) >= 11 is 0. The van der Waals surface area contributed by atoms with E-state index < -0.39 is 5.60 Å². The molecule has 2 heteroatoms. The van der Waals surface area contributed by atoms with Gasteiger partial charge in [-0.1, -0.05) is 60.7 Å². The first-order valence-electron chi connectivity index (χ1n) is 6.72. The Morgan fingerprint density at radius 3 is 2.21 bits per heavy atom. The van der Waals surface area contributed by atoms with Gasteiger partial charge in [-0.2, -0.15) is 0 Å². The highest BCUT2D eigenvalue weighted by molar-refractivity contribution is 5.27. The molecule has 0 bridgehead atoms. The van der Waals surface area contributed by atoms with Gasteiger partial charge in [-0.3, -0.25) is 4.90 Å². The van der Waals surface area contributed by atoms with E-state index in [2.05, 4.69) is 41.3 Å². The van der Waals surface area contributed by atoms with E-state index >= 15 is 0 Å². The maximum Gasteiger partial charge on any atom is 0.0942 e. The van der Waals surface area contributed by atoms with Crippen molar-refractivity contribution in [2.45, 2.75) is 25.1 Å². The zero-order valence-electron chi connectivity index (χ0n) is 11.2. The number of benzene rings is 2. The molecule has 0 amide bonds. The zero-order chi connectivity index (χ0) is 13.3. The molecule has 0 radical (unpaired) electrons. The minimum Gasteiger partial charge on any atom is -0.387 e. The number of rotatable bonds is 3. The molecule has 2 atom stereocenters. The van der Waals surface area contributed by atoms with Crippen LogP contribution in [-0.2, 0) is 6.54 Å². The maximum absolute atomic E-state index is 10.4. The summed E-state index contributed by atoms with van der Waals surface area (Å²) in [5.74, 6) is 0. The van der Waals surface area contributed by atoms with Crippen molar-refractivity contribution >= 4 is 0 Å². The van der Waals surface area contributed by atoms with E-state index in [0.29, 0.717) is 0 Å². The molecule has 1 saturated heterocycles. The van der Waals surface area contributed by atoms with Gasteiger partial charge < -0.3 is 5.11 Å². The Balaban J connectivity index is 1.80. The smallest absolute Gasteiger partial charge is 0.0942 e. The van der Waals surface area contributed by atoms with Crippen LogP contribution in [-0.4, -0.2) is 22.2 Å². The molecule has 19 heavy (non-hydrogen) atoms. The van der Waals surface area contributed by atoms with Gasteiger partial charge in [0.2, 0.25) is 0 Å². The molecule has 2 aromatic carbocycles. The standard InChI is InChI=1S/C17H19NO/c1-17(19)13-18(12-14-8-4-2-5-9-14)16(17)15-10-6-3-7-11-15/h2-11,16,19H,12-13H2,1H3/t16-,17+/m1/s1. The Labute approximate surface area is 114 Å². The Morgan fingerprint density at radius 2 is 1.63 bits per heavy atom. The first-order valence-corrected chi connectivity index (χ1v) is 6.72.